The number of nitrogens with one attached hydrogen (secondary N) is 1. The molecule has 1 amide bonds. The van der Waals surface area contributed by atoms with Gasteiger partial charge in [0.15, 0.2) is 0 Å². The number of rotatable bonds is 5. The van der Waals surface area contributed by atoms with Crippen LogP contribution in [0.2, 0.25) is 0 Å². The summed E-state index contributed by atoms with van der Waals surface area (Å²) < 4.78 is 33.3. The van der Waals surface area contributed by atoms with Crippen LogP contribution >= 0.6 is 10.7 Å². The van der Waals surface area contributed by atoms with Crippen LogP contribution in [0.3, 0.4) is 0 Å². The molecule has 0 saturated carbocycles. The molecule has 1 saturated heterocycles. The maximum absolute atomic E-state index is 11.9. The smallest absolute Gasteiger partial charge is 0.265 e. The Labute approximate surface area is 127 Å². The molecule has 0 bridgehead atoms. The van der Waals surface area contributed by atoms with Crippen molar-refractivity contribution in [1.29, 1.82) is 0 Å². The molecule has 0 spiro atoms. The van der Waals surface area contributed by atoms with Gasteiger partial charge in [-0.15, -0.1) is 0 Å². The lowest BCUT2D eigenvalue weighted by Crippen LogP contribution is -2.19. The van der Waals surface area contributed by atoms with Gasteiger partial charge in [-0.25, -0.2) is 8.42 Å². The van der Waals surface area contributed by atoms with Crippen LogP contribution in [0.1, 0.15) is 19.3 Å². The van der Waals surface area contributed by atoms with Gasteiger partial charge in [0.2, 0.25) is 5.91 Å². The summed E-state index contributed by atoms with van der Waals surface area (Å²) in [7, 11) is 2.74. The van der Waals surface area contributed by atoms with E-state index in [1.807, 2.05) is 0 Å². The summed E-state index contributed by atoms with van der Waals surface area (Å²) in [5.74, 6) is -0.105. The first kappa shape index (κ1) is 16.1. The third kappa shape index (κ3) is 4.33. The first-order valence-electron chi connectivity index (χ1n) is 6.44. The lowest BCUT2D eigenvalue weighted by atomic mass is 10.2. The van der Waals surface area contributed by atoms with Gasteiger partial charge in [0.1, 0.15) is 10.6 Å². The second kappa shape index (κ2) is 6.64. The molecule has 21 heavy (non-hydrogen) atoms. The van der Waals surface area contributed by atoms with E-state index >= 15 is 0 Å². The summed E-state index contributed by atoms with van der Waals surface area (Å²) in [6.45, 7) is 0.676. The number of carbonyl (C=O) groups excluding carboxylic acids is 1. The number of halogens is 1. The summed E-state index contributed by atoms with van der Waals surface area (Å²) in [4.78, 5) is 11.7. The van der Waals surface area contributed by atoms with E-state index < -0.39 is 9.05 Å². The molecule has 1 heterocycles. The predicted molar refractivity (Wildman–Crippen MR) is 78.3 cm³/mol. The predicted octanol–water partition coefficient (Wildman–Crippen LogP) is 2.13. The molecule has 8 heteroatoms. The van der Waals surface area contributed by atoms with E-state index in [0.717, 1.165) is 12.8 Å². The normalized spacial score (nSPS) is 18.5. The Balaban J connectivity index is 2.11. The van der Waals surface area contributed by atoms with Crippen LogP contribution in [0, 0.1) is 0 Å². The molecule has 0 aliphatic carbocycles. The minimum absolute atomic E-state index is 0.0699. The van der Waals surface area contributed by atoms with E-state index in [0.29, 0.717) is 12.3 Å². The van der Waals surface area contributed by atoms with E-state index in [-0.39, 0.29) is 29.1 Å². The van der Waals surface area contributed by atoms with E-state index in [2.05, 4.69) is 5.32 Å². The van der Waals surface area contributed by atoms with Gasteiger partial charge < -0.3 is 14.8 Å². The molecule has 1 atom stereocenters. The Bertz CT molecular complexity index is 625. The highest BCUT2D eigenvalue weighted by atomic mass is 35.7. The van der Waals surface area contributed by atoms with Crippen molar-refractivity contribution >= 4 is 31.3 Å². The third-order valence-corrected chi connectivity index (χ3v) is 4.49. The molecular formula is C13H16ClNO5S. The average Bonchev–Trinajstić information content (AvgIpc) is 2.90. The highest BCUT2D eigenvalue weighted by Crippen LogP contribution is 2.29. The average molecular weight is 334 g/mol. The van der Waals surface area contributed by atoms with Crippen molar-refractivity contribution in [3.63, 3.8) is 0 Å². The molecule has 0 aromatic heterocycles. The third-order valence-electron chi connectivity index (χ3n) is 3.15. The summed E-state index contributed by atoms with van der Waals surface area (Å²) >= 11 is 0. The highest BCUT2D eigenvalue weighted by Gasteiger charge is 2.21. The van der Waals surface area contributed by atoms with Crippen molar-refractivity contribution in [2.24, 2.45) is 0 Å². The van der Waals surface area contributed by atoms with Crippen molar-refractivity contribution < 1.29 is 22.7 Å². The molecule has 2 rings (SSSR count). The van der Waals surface area contributed by atoms with E-state index in [1.54, 1.807) is 6.07 Å². The zero-order chi connectivity index (χ0) is 15.5. The molecule has 1 aliphatic heterocycles. The zero-order valence-electron chi connectivity index (χ0n) is 11.5. The lowest BCUT2D eigenvalue weighted by molar-refractivity contribution is -0.118. The molecule has 116 valence electrons. The van der Waals surface area contributed by atoms with Gasteiger partial charge in [-0.2, -0.15) is 0 Å². The first-order valence-corrected chi connectivity index (χ1v) is 8.75. The van der Waals surface area contributed by atoms with Crippen LogP contribution in [0.15, 0.2) is 23.1 Å². The summed E-state index contributed by atoms with van der Waals surface area (Å²) in [5.41, 5.74) is 0.345. The minimum Gasteiger partial charge on any atom is -0.495 e. The summed E-state index contributed by atoms with van der Waals surface area (Å²) in [6, 6.07) is 4.27. The number of hydrogen-bond donors (Lipinski definition) is 1. The van der Waals surface area contributed by atoms with Gasteiger partial charge in [0.25, 0.3) is 9.05 Å². The van der Waals surface area contributed by atoms with Gasteiger partial charge in [-0.05, 0) is 31.0 Å². The summed E-state index contributed by atoms with van der Waals surface area (Å²) in [5, 5.41) is 2.64. The SMILES string of the molecule is COc1ccc(NC(=O)CC2CCCO2)cc1S(=O)(=O)Cl. The number of carbonyl (C=O) groups is 1. The van der Waals surface area contributed by atoms with Crippen LogP contribution in [-0.4, -0.2) is 34.1 Å². The minimum atomic E-state index is -3.96. The lowest BCUT2D eigenvalue weighted by Gasteiger charge is -2.11. The van der Waals surface area contributed by atoms with Crippen molar-refractivity contribution in [2.45, 2.75) is 30.3 Å². The molecule has 1 N–H and O–H groups in total. The van der Waals surface area contributed by atoms with Crippen LogP contribution in [-0.2, 0) is 18.6 Å². The number of benzene rings is 1. The van der Waals surface area contributed by atoms with Gasteiger partial charge >= 0.3 is 0 Å². The number of methoxy groups -OCH3 is 1. The van der Waals surface area contributed by atoms with Crippen molar-refractivity contribution in [3.8, 4) is 5.75 Å². The molecule has 1 fully saturated rings. The fourth-order valence-electron chi connectivity index (χ4n) is 2.17. The Hall–Kier alpha value is -1.31. The molecule has 6 nitrogen and oxygen atoms in total. The molecule has 1 aliphatic rings. The quantitative estimate of drug-likeness (QED) is 0.835. The molecule has 1 aromatic carbocycles. The molecule has 1 aromatic rings. The second-order valence-corrected chi connectivity index (χ2v) is 7.23. The van der Waals surface area contributed by atoms with Gasteiger partial charge in [-0.1, -0.05) is 0 Å². The Kier molecular flexibility index (Phi) is 5.08. The first-order chi connectivity index (χ1) is 9.90. The topological polar surface area (TPSA) is 81.7 Å². The highest BCUT2D eigenvalue weighted by molar-refractivity contribution is 8.13. The fraction of sp³-hybridized carbons (Fsp3) is 0.462. The summed E-state index contributed by atoms with van der Waals surface area (Å²) in [6.07, 6.45) is 1.99. The van der Waals surface area contributed by atoms with Crippen LogP contribution in [0.4, 0.5) is 5.69 Å². The standard InChI is InChI=1S/C13H16ClNO5S/c1-19-11-5-4-9(7-12(11)21(14,17)18)15-13(16)8-10-3-2-6-20-10/h4-5,7,10H,2-3,6,8H2,1H3,(H,15,16). The number of anilines is 1. The monoisotopic (exact) mass is 333 g/mol. The van der Waals surface area contributed by atoms with Crippen molar-refractivity contribution in [1.82, 2.24) is 0 Å². The fourth-order valence-corrected chi connectivity index (χ4v) is 3.19. The van der Waals surface area contributed by atoms with Crippen LogP contribution in [0.25, 0.3) is 0 Å². The molecular weight excluding hydrogens is 318 g/mol. The van der Waals surface area contributed by atoms with Gasteiger partial charge in [-0.3, -0.25) is 4.79 Å². The number of ether oxygens (including phenoxy) is 2. The second-order valence-electron chi connectivity index (χ2n) is 4.69. The van der Waals surface area contributed by atoms with Crippen molar-refractivity contribution in [2.75, 3.05) is 19.0 Å². The van der Waals surface area contributed by atoms with Crippen molar-refractivity contribution in [3.05, 3.63) is 18.2 Å². The largest absolute Gasteiger partial charge is 0.495 e. The van der Waals surface area contributed by atoms with Gasteiger partial charge in [0, 0.05) is 23.0 Å². The van der Waals surface area contributed by atoms with Crippen LogP contribution < -0.4 is 10.1 Å². The van der Waals surface area contributed by atoms with Gasteiger partial charge in [0.05, 0.1) is 19.6 Å². The van der Waals surface area contributed by atoms with Crippen LogP contribution in [0.5, 0.6) is 5.75 Å². The van der Waals surface area contributed by atoms with E-state index in [9.17, 15) is 13.2 Å². The Morgan fingerprint density at radius 2 is 2.29 bits per heavy atom. The number of amides is 1. The Morgan fingerprint density at radius 3 is 2.86 bits per heavy atom. The number of hydrogen-bond acceptors (Lipinski definition) is 5. The molecule has 0 radical (unpaired) electrons. The maximum atomic E-state index is 11.9. The zero-order valence-corrected chi connectivity index (χ0v) is 13.0. The van der Waals surface area contributed by atoms with E-state index in [1.165, 1.54) is 19.2 Å². The maximum Gasteiger partial charge on any atom is 0.265 e. The molecule has 1 unspecified atom stereocenters. The Morgan fingerprint density at radius 1 is 1.52 bits per heavy atom. The van der Waals surface area contributed by atoms with E-state index in [4.69, 9.17) is 20.2 Å².